The van der Waals surface area contributed by atoms with E-state index in [2.05, 4.69) is 27.2 Å². The average molecular weight is 379 g/mol. The van der Waals surface area contributed by atoms with Gasteiger partial charge in [-0.05, 0) is 30.7 Å². The highest BCUT2D eigenvalue weighted by molar-refractivity contribution is 7.99. The van der Waals surface area contributed by atoms with Crippen LogP contribution in [-0.4, -0.2) is 22.9 Å². The summed E-state index contributed by atoms with van der Waals surface area (Å²) in [5, 5.41) is 4.21. The van der Waals surface area contributed by atoms with E-state index in [4.69, 9.17) is 4.74 Å². The highest BCUT2D eigenvalue weighted by Gasteiger charge is 2.11. The number of hydrogen-bond donors (Lipinski definition) is 1. The number of aliphatic imine (C=N–C) groups is 1. The predicted octanol–water partition coefficient (Wildman–Crippen LogP) is 5.66. The minimum Gasteiger partial charge on any atom is -0.453 e. The summed E-state index contributed by atoms with van der Waals surface area (Å²) < 4.78 is 6.10. The summed E-state index contributed by atoms with van der Waals surface area (Å²) in [4.78, 5) is 14.2. The number of nitrogens with one attached hydrogen (secondary N) is 1. The van der Waals surface area contributed by atoms with E-state index in [0.29, 0.717) is 11.6 Å². The summed E-state index contributed by atoms with van der Waals surface area (Å²) in [6, 6.07) is 17.5. The van der Waals surface area contributed by atoms with E-state index in [1.807, 2.05) is 60.8 Å². The minimum atomic E-state index is 0.651. The standard InChI is InChI=1S/C21H22N4OS/c1-3-9-19(22-2)25-21-18(26-16-10-5-4-6-11-16)14-17(15-24-21)27-20-12-7-8-13-23-20/h4-8,10-15H,3,9H2,1-2H3,(H,22,24,25). The van der Waals surface area contributed by atoms with E-state index in [9.17, 15) is 0 Å². The molecule has 3 rings (SSSR count). The van der Waals surface area contributed by atoms with Crippen molar-refractivity contribution >= 4 is 23.4 Å². The highest BCUT2D eigenvalue weighted by Crippen LogP contribution is 2.34. The predicted molar refractivity (Wildman–Crippen MR) is 111 cm³/mol. The topological polar surface area (TPSA) is 59.4 Å². The molecule has 6 heteroatoms. The number of para-hydroxylation sites is 1. The average Bonchev–Trinajstić information content (AvgIpc) is 2.71. The van der Waals surface area contributed by atoms with Crippen LogP contribution in [0.4, 0.5) is 5.82 Å². The van der Waals surface area contributed by atoms with Crippen LogP contribution in [0.5, 0.6) is 11.5 Å². The molecule has 0 spiro atoms. The molecule has 1 aromatic carbocycles. The second-order valence-corrected chi connectivity index (χ2v) is 6.84. The van der Waals surface area contributed by atoms with Gasteiger partial charge in [-0.3, -0.25) is 4.99 Å². The first kappa shape index (κ1) is 18.9. The van der Waals surface area contributed by atoms with Crippen LogP contribution >= 0.6 is 11.8 Å². The monoisotopic (exact) mass is 378 g/mol. The number of amidine groups is 1. The molecule has 0 aliphatic rings. The third kappa shape index (κ3) is 5.56. The quantitative estimate of drug-likeness (QED) is 0.424. The molecule has 0 saturated carbocycles. The Morgan fingerprint density at radius 1 is 1.11 bits per heavy atom. The van der Waals surface area contributed by atoms with E-state index < -0.39 is 0 Å². The zero-order chi connectivity index (χ0) is 18.9. The van der Waals surface area contributed by atoms with Crippen molar-refractivity contribution in [3.8, 4) is 11.5 Å². The van der Waals surface area contributed by atoms with Crippen LogP contribution in [0.25, 0.3) is 0 Å². The number of ether oxygens (including phenoxy) is 1. The van der Waals surface area contributed by atoms with E-state index in [1.54, 1.807) is 25.0 Å². The number of pyridine rings is 2. The zero-order valence-electron chi connectivity index (χ0n) is 15.4. The smallest absolute Gasteiger partial charge is 0.174 e. The van der Waals surface area contributed by atoms with E-state index >= 15 is 0 Å². The number of hydrogen-bond acceptors (Lipinski definition) is 5. The molecular weight excluding hydrogens is 356 g/mol. The maximum Gasteiger partial charge on any atom is 0.174 e. The number of nitrogens with zero attached hydrogens (tertiary/aromatic N) is 3. The number of anilines is 1. The Balaban J connectivity index is 1.89. The van der Waals surface area contributed by atoms with Gasteiger partial charge in [0.2, 0.25) is 0 Å². The van der Waals surface area contributed by atoms with Gasteiger partial charge in [-0.1, -0.05) is 43.0 Å². The van der Waals surface area contributed by atoms with Crippen molar-refractivity contribution in [1.29, 1.82) is 0 Å². The lowest BCUT2D eigenvalue weighted by atomic mass is 10.3. The van der Waals surface area contributed by atoms with Gasteiger partial charge in [0, 0.05) is 36.8 Å². The fourth-order valence-electron chi connectivity index (χ4n) is 2.40. The Hall–Kier alpha value is -2.86. The molecule has 0 unspecified atom stereocenters. The lowest BCUT2D eigenvalue weighted by Gasteiger charge is -2.14. The van der Waals surface area contributed by atoms with Crippen LogP contribution in [0.3, 0.4) is 0 Å². The first-order chi connectivity index (χ1) is 13.3. The van der Waals surface area contributed by atoms with Crippen LogP contribution in [-0.2, 0) is 0 Å². The van der Waals surface area contributed by atoms with Gasteiger partial charge in [0.25, 0.3) is 0 Å². The molecule has 27 heavy (non-hydrogen) atoms. The SMILES string of the molecule is CCCC(=NC)Nc1ncc(Sc2ccccn2)cc1Oc1ccccc1. The van der Waals surface area contributed by atoms with Crippen molar-refractivity contribution in [3.05, 3.63) is 67.0 Å². The lowest BCUT2D eigenvalue weighted by molar-refractivity contribution is 0.481. The highest BCUT2D eigenvalue weighted by atomic mass is 32.2. The van der Waals surface area contributed by atoms with Crippen LogP contribution in [0, 0.1) is 0 Å². The Morgan fingerprint density at radius 2 is 1.93 bits per heavy atom. The van der Waals surface area contributed by atoms with Gasteiger partial charge in [0.15, 0.2) is 11.6 Å². The molecule has 0 atom stereocenters. The second kappa shape index (κ2) is 9.73. The van der Waals surface area contributed by atoms with Gasteiger partial charge >= 0.3 is 0 Å². The Labute approximate surface area is 163 Å². The van der Waals surface area contributed by atoms with Gasteiger partial charge in [0.05, 0.1) is 0 Å². The Bertz CT molecular complexity index is 885. The van der Waals surface area contributed by atoms with E-state index in [0.717, 1.165) is 34.3 Å². The van der Waals surface area contributed by atoms with Crippen molar-refractivity contribution in [1.82, 2.24) is 9.97 Å². The first-order valence-electron chi connectivity index (χ1n) is 8.83. The summed E-state index contributed by atoms with van der Waals surface area (Å²) in [5.41, 5.74) is 0. The van der Waals surface area contributed by atoms with Crippen LogP contribution < -0.4 is 10.1 Å². The summed E-state index contributed by atoms with van der Waals surface area (Å²) in [7, 11) is 1.78. The van der Waals surface area contributed by atoms with Gasteiger partial charge in [-0.2, -0.15) is 0 Å². The molecule has 0 bridgehead atoms. The lowest BCUT2D eigenvalue weighted by Crippen LogP contribution is -2.13. The van der Waals surface area contributed by atoms with Crippen molar-refractivity contribution in [2.45, 2.75) is 29.7 Å². The largest absolute Gasteiger partial charge is 0.453 e. The van der Waals surface area contributed by atoms with Gasteiger partial charge in [-0.15, -0.1) is 0 Å². The summed E-state index contributed by atoms with van der Waals surface area (Å²) in [6.07, 6.45) is 5.45. The maximum absolute atomic E-state index is 6.10. The fraction of sp³-hybridized carbons (Fsp3) is 0.190. The summed E-state index contributed by atoms with van der Waals surface area (Å²) in [6.45, 7) is 2.12. The molecule has 0 saturated heterocycles. The number of aromatic nitrogens is 2. The molecule has 0 radical (unpaired) electrons. The van der Waals surface area contributed by atoms with Crippen LogP contribution in [0.15, 0.2) is 81.9 Å². The molecule has 138 valence electrons. The van der Waals surface area contributed by atoms with E-state index in [-0.39, 0.29) is 0 Å². The third-order valence-electron chi connectivity index (χ3n) is 3.68. The molecule has 2 aromatic heterocycles. The molecular formula is C21H22N4OS. The molecule has 0 amide bonds. The molecule has 0 aliphatic heterocycles. The number of rotatable bonds is 7. The molecule has 1 N–H and O–H groups in total. The van der Waals surface area contributed by atoms with Gasteiger partial charge in [0.1, 0.15) is 16.6 Å². The van der Waals surface area contributed by atoms with Crippen molar-refractivity contribution in [2.24, 2.45) is 4.99 Å². The third-order valence-corrected chi connectivity index (χ3v) is 4.59. The molecule has 3 aromatic rings. The first-order valence-corrected chi connectivity index (χ1v) is 9.64. The van der Waals surface area contributed by atoms with Crippen molar-refractivity contribution in [2.75, 3.05) is 12.4 Å². The van der Waals surface area contributed by atoms with Crippen LogP contribution in [0.2, 0.25) is 0 Å². The maximum atomic E-state index is 6.10. The molecule has 0 aliphatic carbocycles. The number of benzene rings is 1. The normalized spacial score (nSPS) is 11.3. The fourth-order valence-corrected chi connectivity index (χ4v) is 3.17. The Morgan fingerprint density at radius 3 is 2.63 bits per heavy atom. The van der Waals surface area contributed by atoms with Gasteiger partial charge < -0.3 is 10.1 Å². The second-order valence-electron chi connectivity index (χ2n) is 5.75. The van der Waals surface area contributed by atoms with E-state index in [1.165, 1.54) is 0 Å². The minimum absolute atomic E-state index is 0.651. The zero-order valence-corrected chi connectivity index (χ0v) is 16.2. The van der Waals surface area contributed by atoms with Crippen molar-refractivity contribution < 1.29 is 4.74 Å². The van der Waals surface area contributed by atoms with Crippen molar-refractivity contribution in [3.63, 3.8) is 0 Å². The molecule has 2 heterocycles. The molecule has 5 nitrogen and oxygen atoms in total. The summed E-state index contributed by atoms with van der Waals surface area (Å²) in [5.74, 6) is 2.94. The van der Waals surface area contributed by atoms with Gasteiger partial charge in [-0.25, -0.2) is 9.97 Å². The Kier molecular flexibility index (Phi) is 6.82. The summed E-state index contributed by atoms with van der Waals surface area (Å²) >= 11 is 1.54. The van der Waals surface area contributed by atoms with Crippen LogP contribution in [0.1, 0.15) is 19.8 Å². The molecule has 0 fully saturated rings.